The van der Waals surface area contributed by atoms with Crippen LogP contribution in [0.3, 0.4) is 0 Å². The van der Waals surface area contributed by atoms with Crippen LogP contribution in [0.2, 0.25) is 0 Å². The Morgan fingerprint density at radius 1 is 0.909 bits per heavy atom. The molecule has 1 aromatic rings. The van der Waals surface area contributed by atoms with Crippen molar-refractivity contribution in [1.29, 1.82) is 0 Å². The molecule has 0 atom stereocenters. The molecule has 0 aromatic heterocycles. The molecular weight excluding hydrogens is 276 g/mol. The lowest BCUT2D eigenvalue weighted by molar-refractivity contribution is -0.320. The lowest BCUT2D eigenvalue weighted by Gasteiger charge is -2.16. The Balaban J connectivity index is 0.000000604. The maximum absolute atomic E-state index is 11.2. The van der Waals surface area contributed by atoms with Gasteiger partial charge >= 0.3 is 5.97 Å². The van der Waals surface area contributed by atoms with Crippen LogP contribution in [0.25, 0.3) is 0 Å². The summed E-state index contributed by atoms with van der Waals surface area (Å²) >= 11 is 0. The van der Waals surface area contributed by atoms with Crippen LogP contribution in [0.15, 0.2) is 36.4 Å². The van der Waals surface area contributed by atoms with Crippen molar-refractivity contribution in [3.05, 3.63) is 36.4 Å². The normalized spacial score (nSPS) is 10.8. The molecule has 0 bridgehead atoms. The van der Waals surface area contributed by atoms with E-state index in [9.17, 15) is 4.79 Å². The second-order valence-electron chi connectivity index (χ2n) is 6.80. The predicted octanol–water partition coefficient (Wildman–Crippen LogP) is 5.55. The van der Waals surface area contributed by atoms with Gasteiger partial charge in [0.25, 0.3) is 0 Å². The summed E-state index contributed by atoms with van der Waals surface area (Å²) in [5.41, 5.74) is -0.423. The molecule has 0 N–H and O–H groups in total. The first kappa shape index (κ1) is 20.6. The minimum Gasteiger partial charge on any atom is -0.298 e. The fraction of sp³-hybridized carbons (Fsp3) is 0.632. The highest BCUT2D eigenvalue weighted by molar-refractivity contribution is 5.68. The first-order valence-electron chi connectivity index (χ1n) is 8.20. The summed E-state index contributed by atoms with van der Waals surface area (Å²) in [6.07, 6.45) is 4.84. The Labute approximate surface area is 135 Å². The Morgan fingerprint density at radius 2 is 1.41 bits per heavy atom. The minimum atomic E-state index is -0.423. The highest BCUT2D eigenvalue weighted by atomic mass is 17.2. The Morgan fingerprint density at radius 3 is 1.82 bits per heavy atom. The Kier molecular flexibility index (Phi) is 11.5. The van der Waals surface area contributed by atoms with Crippen molar-refractivity contribution in [2.24, 2.45) is 5.92 Å². The summed E-state index contributed by atoms with van der Waals surface area (Å²) in [5, 5.41) is 0. The smallest absolute Gasteiger partial charge is 0.298 e. The number of hydrogen-bond donors (Lipinski definition) is 0. The van der Waals surface area contributed by atoms with Crippen molar-refractivity contribution in [2.45, 2.75) is 72.3 Å². The Bertz CT molecular complexity index is 339. The molecule has 0 fully saturated rings. The fourth-order valence-electron chi connectivity index (χ4n) is 1.60. The summed E-state index contributed by atoms with van der Waals surface area (Å²) in [5.74, 6) is 0.482. The van der Waals surface area contributed by atoms with Crippen LogP contribution < -0.4 is 0 Å². The van der Waals surface area contributed by atoms with Crippen molar-refractivity contribution in [1.82, 2.24) is 0 Å². The van der Waals surface area contributed by atoms with Crippen molar-refractivity contribution < 1.29 is 14.6 Å². The predicted molar refractivity (Wildman–Crippen MR) is 91.3 cm³/mol. The van der Waals surface area contributed by atoms with Gasteiger partial charge in [-0.3, -0.25) is 4.89 Å². The third-order valence-corrected chi connectivity index (χ3v) is 2.71. The van der Waals surface area contributed by atoms with Gasteiger partial charge in [0.2, 0.25) is 0 Å². The molecule has 126 valence electrons. The monoisotopic (exact) mass is 308 g/mol. The molecule has 0 saturated carbocycles. The number of benzene rings is 1. The van der Waals surface area contributed by atoms with Gasteiger partial charge in [0, 0.05) is 6.42 Å². The first-order chi connectivity index (χ1) is 10.3. The van der Waals surface area contributed by atoms with Crippen LogP contribution in [0.4, 0.5) is 0 Å². The molecule has 0 heterocycles. The number of rotatable bonds is 7. The molecule has 0 unspecified atom stereocenters. The molecule has 1 aromatic carbocycles. The number of hydrogen-bond acceptors (Lipinski definition) is 3. The van der Waals surface area contributed by atoms with Gasteiger partial charge in [-0.25, -0.2) is 4.79 Å². The largest absolute Gasteiger partial charge is 0.342 e. The second-order valence-corrected chi connectivity index (χ2v) is 6.80. The van der Waals surface area contributed by atoms with Crippen LogP contribution in [-0.4, -0.2) is 11.6 Å². The van der Waals surface area contributed by atoms with E-state index in [2.05, 4.69) is 13.8 Å². The van der Waals surface area contributed by atoms with E-state index in [4.69, 9.17) is 9.78 Å². The molecule has 1 rings (SSSR count). The van der Waals surface area contributed by atoms with E-state index in [-0.39, 0.29) is 5.97 Å². The van der Waals surface area contributed by atoms with Crippen molar-refractivity contribution in [2.75, 3.05) is 0 Å². The molecule has 0 aliphatic carbocycles. The summed E-state index contributed by atoms with van der Waals surface area (Å²) in [6.45, 7) is 9.98. The summed E-state index contributed by atoms with van der Waals surface area (Å²) in [4.78, 5) is 20.9. The topological polar surface area (TPSA) is 35.5 Å². The highest BCUT2D eigenvalue weighted by Gasteiger charge is 2.14. The van der Waals surface area contributed by atoms with Gasteiger partial charge in [0.1, 0.15) is 5.60 Å². The van der Waals surface area contributed by atoms with E-state index in [0.717, 1.165) is 18.8 Å². The molecule has 0 aliphatic rings. The molecule has 0 aliphatic heterocycles. The third kappa shape index (κ3) is 16.7. The van der Waals surface area contributed by atoms with Gasteiger partial charge in [-0.2, -0.15) is 4.89 Å². The maximum atomic E-state index is 11.2. The molecule has 0 radical (unpaired) electrons. The lowest BCUT2D eigenvalue weighted by atomic mass is 10.0. The fourth-order valence-corrected chi connectivity index (χ4v) is 1.60. The Hall–Kier alpha value is -1.35. The number of carbonyl (C=O) groups is 1. The lowest BCUT2D eigenvalue weighted by Crippen LogP contribution is -2.21. The molecular formula is C19H32O3. The van der Waals surface area contributed by atoms with E-state index < -0.39 is 5.60 Å². The van der Waals surface area contributed by atoms with E-state index in [0.29, 0.717) is 6.42 Å². The number of unbranched alkanes of at least 4 members (excludes halogenated alkanes) is 2. The van der Waals surface area contributed by atoms with E-state index in [1.807, 2.05) is 57.2 Å². The second kappa shape index (κ2) is 12.2. The zero-order valence-electron chi connectivity index (χ0n) is 14.8. The van der Waals surface area contributed by atoms with Gasteiger partial charge in [0.05, 0.1) is 0 Å². The quantitative estimate of drug-likeness (QED) is 0.376. The number of carbonyl (C=O) groups excluding carboxylic acids is 1. The first-order valence-corrected chi connectivity index (χ1v) is 8.20. The molecule has 22 heavy (non-hydrogen) atoms. The van der Waals surface area contributed by atoms with Gasteiger partial charge in [-0.15, -0.1) is 0 Å². The van der Waals surface area contributed by atoms with Gasteiger partial charge in [-0.05, 0) is 33.1 Å². The molecule has 0 spiro atoms. The third-order valence-electron chi connectivity index (χ3n) is 2.71. The van der Waals surface area contributed by atoms with E-state index in [1.54, 1.807) is 0 Å². The zero-order chi connectivity index (χ0) is 16.8. The van der Waals surface area contributed by atoms with Crippen LogP contribution in [0.1, 0.15) is 66.7 Å². The molecule has 0 saturated heterocycles. The molecule has 3 nitrogen and oxygen atoms in total. The van der Waals surface area contributed by atoms with Crippen molar-refractivity contribution >= 4 is 5.97 Å². The van der Waals surface area contributed by atoms with Crippen LogP contribution >= 0.6 is 0 Å². The van der Waals surface area contributed by atoms with Crippen LogP contribution in [0, 0.1) is 5.92 Å². The summed E-state index contributed by atoms with van der Waals surface area (Å²) < 4.78 is 0. The summed E-state index contributed by atoms with van der Waals surface area (Å²) in [7, 11) is 0. The maximum Gasteiger partial charge on any atom is 0.342 e. The minimum absolute atomic E-state index is 0.264. The van der Waals surface area contributed by atoms with E-state index in [1.165, 1.54) is 12.8 Å². The highest BCUT2D eigenvalue weighted by Crippen LogP contribution is 2.11. The summed E-state index contributed by atoms with van der Waals surface area (Å²) in [6, 6.07) is 12.0. The van der Waals surface area contributed by atoms with Crippen LogP contribution in [-0.2, 0) is 14.6 Å². The SMILES string of the molecule is CC(C)CCCCCC(=O)OOC(C)(C)C.c1ccccc1. The zero-order valence-corrected chi connectivity index (χ0v) is 14.8. The van der Waals surface area contributed by atoms with Gasteiger partial charge < -0.3 is 0 Å². The molecule has 0 amide bonds. The standard InChI is InChI=1S/C13H26O3.C6H6/c1-11(2)9-7-6-8-10-12(14)15-16-13(3,4)5;1-2-4-6-5-3-1/h11H,6-10H2,1-5H3;1-6H. The van der Waals surface area contributed by atoms with Crippen molar-refractivity contribution in [3.8, 4) is 0 Å². The average molecular weight is 308 g/mol. The molecule has 3 heteroatoms. The van der Waals surface area contributed by atoms with E-state index >= 15 is 0 Å². The van der Waals surface area contributed by atoms with Gasteiger partial charge in [0.15, 0.2) is 0 Å². The van der Waals surface area contributed by atoms with Gasteiger partial charge in [-0.1, -0.05) is 69.5 Å². The average Bonchev–Trinajstić information content (AvgIpc) is 2.46. The van der Waals surface area contributed by atoms with Crippen molar-refractivity contribution in [3.63, 3.8) is 0 Å². The van der Waals surface area contributed by atoms with Crippen LogP contribution in [0.5, 0.6) is 0 Å².